The largest absolute Gasteiger partial charge is 0.506 e. The van der Waals surface area contributed by atoms with Gasteiger partial charge in [0, 0.05) is 5.56 Å². The van der Waals surface area contributed by atoms with Crippen molar-refractivity contribution in [3.8, 4) is 0 Å². The third kappa shape index (κ3) is 2.79. The first-order valence-electron chi connectivity index (χ1n) is 6.55. The molecule has 6 nitrogen and oxygen atoms in total. The summed E-state index contributed by atoms with van der Waals surface area (Å²) < 4.78 is 13.7. The summed E-state index contributed by atoms with van der Waals surface area (Å²) >= 11 is 5.72. The Morgan fingerprint density at radius 1 is 1.35 bits per heavy atom. The minimum Gasteiger partial charge on any atom is -0.506 e. The zero-order valence-corrected chi connectivity index (χ0v) is 13.0. The van der Waals surface area contributed by atoms with E-state index in [0.717, 1.165) is 6.07 Å². The van der Waals surface area contributed by atoms with Crippen LogP contribution in [0.2, 0.25) is 5.02 Å². The Bertz CT molecular complexity index is 769. The van der Waals surface area contributed by atoms with Gasteiger partial charge in [-0.25, -0.2) is 4.39 Å². The van der Waals surface area contributed by atoms with Gasteiger partial charge in [-0.2, -0.15) is 0 Å². The number of hydrogen-bond acceptors (Lipinski definition) is 4. The van der Waals surface area contributed by atoms with Crippen LogP contribution in [0, 0.1) is 5.82 Å². The summed E-state index contributed by atoms with van der Waals surface area (Å²) in [6.07, 6.45) is 0. The lowest BCUT2D eigenvalue weighted by molar-refractivity contribution is -0.138. The number of benzene rings is 1. The normalized spacial score (nSPS) is 16.1. The first-order valence-corrected chi connectivity index (χ1v) is 6.93. The lowest BCUT2D eigenvalue weighted by atomic mass is 9.71. The summed E-state index contributed by atoms with van der Waals surface area (Å²) in [4.78, 5) is 35.1. The van der Waals surface area contributed by atoms with Gasteiger partial charge < -0.3 is 15.5 Å². The number of carbonyl (C=O) groups is 3. The predicted molar refractivity (Wildman–Crippen MR) is 79.6 cm³/mol. The van der Waals surface area contributed by atoms with Crippen molar-refractivity contribution in [2.24, 2.45) is 0 Å². The van der Waals surface area contributed by atoms with E-state index in [9.17, 15) is 23.9 Å². The number of nitrogens with one attached hydrogen (secondary N) is 1. The van der Waals surface area contributed by atoms with Gasteiger partial charge in [0.05, 0.1) is 10.4 Å². The fourth-order valence-corrected chi connectivity index (χ4v) is 2.56. The molecule has 0 saturated heterocycles. The molecule has 0 fully saturated rings. The second kappa shape index (κ2) is 5.66. The van der Waals surface area contributed by atoms with Crippen LogP contribution in [0.1, 0.15) is 25.0 Å². The van der Waals surface area contributed by atoms with E-state index >= 15 is 0 Å². The highest BCUT2D eigenvalue weighted by atomic mass is 35.5. The maximum atomic E-state index is 13.7. The quantitative estimate of drug-likeness (QED) is 0.727. The van der Waals surface area contributed by atoms with Gasteiger partial charge in [0.25, 0.3) is 5.91 Å². The molecule has 122 valence electrons. The number of ketones is 1. The number of aliphatic hydroxyl groups is 1. The molecule has 0 saturated carbocycles. The summed E-state index contributed by atoms with van der Waals surface area (Å²) in [5.41, 5.74) is -1.60. The number of carboxylic acids is 1. The van der Waals surface area contributed by atoms with Crippen LogP contribution >= 0.6 is 11.6 Å². The van der Waals surface area contributed by atoms with Gasteiger partial charge in [-0.05, 0) is 31.5 Å². The standard InChI is InChI=1S/C15H13ClFNO5/c1-15(2)7-4-8(16)9(17)3-6(7)12(21)11(13(15)22)14(23)18-5-10(19)20/h3-4,21H,5H2,1-2H3,(H,18,23)(H,19,20). The van der Waals surface area contributed by atoms with Crippen LogP contribution in [0.5, 0.6) is 0 Å². The number of aliphatic carboxylic acids is 1. The Hall–Kier alpha value is -2.41. The van der Waals surface area contributed by atoms with Crippen molar-refractivity contribution in [1.82, 2.24) is 5.32 Å². The number of amides is 1. The van der Waals surface area contributed by atoms with Gasteiger partial charge in [0.1, 0.15) is 23.7 Å². The van der Waals surface area contributed by atoms with Crippen molar-refractivity contribution in [3.05, 3.63) is 39.7 Å². The zero-order chi connectivity index (χ0) is 17.5. The highest BCUT2D eigenvalue weighted by Gasteiger charge is 2.43. The molecule has 0 radical (unpaired) electrons. The average Bonchev–Trinajstić information content (AvgIpc) is 2.45. The molecule has 1 amide bonds. The summed E-state index contributed by atoms with van der Waals surface area (Å²) in [6, 6.07) is 2.16. The molecule has 1 aliphatic carbocycles. The lowest BCUT2D eigenvalue weighted by Crippen LogP contribution is -2.42. The molecule has 2 rings (SSSR count). The molecule has 1 aliphatic rings. The smallest absolute Gasteiger partial charge is 0.322 e. The van der Waals surface area contributed by atoms with Crippen molar-refractivity contribution < 1.29 is 29.0 Å². The van der Waals surface area contributed by atoms with Crippen molar-refractivity contribution >= 4 is 35.0 Å². The van der Waals surface area contributed by atoms with E-state index in [1.165, 1.54) is 19.9 Å². The first kappa shape index (κ1) is 17.0. The number of fused-ring (bicyclic) bond motifs is 1. The zero-order valence-electron chi connectivity index (χ0n) is 12.2. The van der Waals surface area contributed by atoms with Crippen LogP contribution in [0.25, 0.3) is 5.76 Å². The SMILES string of the molecule is CC1(C)C(=O)C(C(=O)NCC(=O)O)=C(O)c2cc(F)c(Cl)cc21. The number of hydrogen-bond donors (Lipinski definition) is 3. The van der Waals surface area contributed by atoms with Crippen molar-refractivity contribution in [2.45, 2.75) is 19.3 Å². The summed E-state index contributed by atoms with van der Waals surface area (Å²) in [5, 5.41) is 20.6. The lowest BCUT2D eigenvalue weighted by Gasteiger charge is -2.32. The van der Waals surface area contributed by atoms with Gasteiger partial charge in [-0.3, -0.25) is 14.4 Å². The second-order valence-electron chi connectivity index (χ2n) is 5.57. The Morgan fingerprint density at radius 2 is 1.96 bits per heavy atom. The van der Waals surface area contributed by atoms with Gasteiger partial charge in [0.15, 0.2) is 5.78 Å². The van der Waals surface area contributed by atoms with Gasteiger partial charge in [0.2, 0.25) is 0 Å². The second-order valence-corrected chi connectivity index (χ2v) is 5.97. The van der Waals surface area contributed by atoms with Crippen LogP contribution in [-0.2, 0) is 19.8 Å². The van der Waals surface area contributed by atoms with Crippen LogP contribution < -0.4 is 5.32 Å². The minimum atomic E-state index is -1.31. The molecular weight excluding hydrogens is 329 g/mol. The number of Topliss-reactive ketones (excluding diaryl/α,β-unsaturated/α-hetero) is 1. The van der Waals surface area contributed by atoms with E-state index in [1.807, 2.05) is 5.32 Å². The Labute approximate surface area is 135 Å². The molecular formula is C15H13ClFNO5. The number of rotatable bonds is 3. The van der Waals surface area contributed by atoms with Crippen LogP contribution in [0.4, 0.5) is 4.39 Å². The number of aliphatic hydroxyl groups excluding tert-OH is 1. The highest BCUT2D eigenvalue weighted by Crippen LogP contribution is 2.41. The van der Waals surface area contributed by atoms with Crippen LogP contribution in [0.15, 0.2) is 17.7 Å². The number of halogens is 2. The summed E-state index contributed by atoms with van der Waals surface area (Å²) in [6.45, 7) is 2.28. The maximum Gasteiger partial charge on any atom is 0.322 e. The fourth-order valence-electron chi connectivity index (χ4n) is 2.39. The minimum absolute atomic E-state index is 0.0306. The topological polar surface area (TPSA) is 104 Å². The van der Waals surface area contributed by atoms with E-state index in [2.05, 4.69) is 0 Å². The van der Waals surface area contributed by atoms with Gasteiger partial charge >= 0.3 is 5.97 Å². The molecule has 0 unspecified atom stereocenters. The molecule has 8 heteroatoms. The first-order chi connectivity index (χ1) is 10.6. The average molecular weight is 342 g/mol. The monoisotopic (exact) mass is 341 g/mol. The predicted octanol–water partition coefficient (Wildman–Crippen LogP) is 1.81. The van der Waals surface area contributed by atoms with Crippen LogP contribution in [0.3, 0.4) is 0 Å². The van der Waals surface area contributed by atoms with Crippen molar-refractivity contribution in [2.75, 3.05) is 6.54 Å². The molecule has 23 heavy (non-hydrogen) atoms. The van der Waals surface area contributed by atoms with E-state index in [4.69, 9.17) is 16.7 Å². The Balaban J connectivity index is 2.62. The molecule has 0 heterocycles. The number of carbonyl (C=O) groups excluding carboxylic acids is 2. The van der Waals surface area contributed by atoms with Crippen molar-refractivity contribution in [1.29, 1.82) is 0 Å². The molecule has 0 aliphatic heterocycles. The van der Waals surface area contributed by atoms with Gasteiger partial charge in [-0.15, -0.1) is 0 Å². The molecule has 0 atom stereocenters. The molecule has 1 aromatic rings. The molecule has 3 N–H and O–H groups in total. The van der Waals surface area contributed by atoms with E-state index in [0.29, 0.717) is 0 Å². The number of carboxylic acid groups (broad SMARTS) is 1. The van der Waals surface area contributed by atoms with Crippen LogP contribution in [-0.4, -0.2) is 34.4 Å². The molecule has 0 bridgehead atoms. The molecule has 0 aromatic heterocycles. The summed E-state index contributed by atoms with van der Waals surface area (Å²) in [7, 11) is 0. The van der Waals surface area contributed by atoms with Gasteiger partial charge in [-0.1, -0.05) is 11.6 Å². The van der Waals surface area contributed by atoms with Crippen molar-refractivity contribution in [3.63, 3.8) is 0 Å². The van der Waals surface area contributed by atoms with E-state index in [-0.39, 0.29) is 16.1 Å². The van der Waals surface area contributed by atoms with E-state index < -0.39 is 46.8 Å². The highest BCUT2D eigenvalue weighted by molar-refractivity contribution is 6.32. The van der Waals surface area contributed by atoms with E-state index in [1.54, 1.807) is 0 Å². The maximum absolute atomic E-state index is 13.7. The molecule has 0 spiro atoms. The Morgan fingerprint density at radius 3 is 2.52 bits per heavy atom. The fraction of sp³-hybridized carbons (Fsp3) is 0.267. The third-order valence-electron chi connectivity index (χ3n) is 3.65. The summed E-state index contributed by atoms with van der Waals surface area (Å²) in [5.74, 6) is -4.58. The third-order valence-corrected chi connectivity index (χ3v) is 3.94. The molecule has 1 aromatic carbocycles. The Kier molecular flexibility index (Phi) is 4.17.